The van der Waals surface area contributed by atoms with E-state index in [9.17, 15) is 9.59 Å². The molecule has 0 spiro atoms. The maximum atomic E-state index is 12.1. The van der Waals surface area contributed by atoms with Gasteiger partial charge in [-0.3, -0.25) is 0 Å². The summed E-state index contributed by atoms with van der Waals surface area (Å²) in [5.74, 6) is 0. The highest BCUT2D eigenvalue weighted by atomic mass is 16.4. The van der Waals surface area contributed by atoms with E-state index in [0.717, 1.165) is 21.9 Å². The molecule has 1 aliphatic heterocycles. The Morgan fingerprint density at radius 2 is 1.43 bits per heavy atom. The van der Waals surface area contributed by atoms with Gasteiger partial charge < -0.3 is 4.42 Å². The summed E-state index contributed by atoms with van der Waals surface area (Å²) in [4.78, 5) is 24.0. The van der Waals surface area contributed by atoms with Crippen molar-refractivity contribution in [3.63, 3.8) is 0 Å². The van der Waals surface area contributed by atoms with Crippen LogP contribution in [0, 0.1) is 10.4 Å². The van der Waals surface area contributed by atoms with E-state index in [0.29, 0.717) is 10.4 Å². The zero-order valence-electron chi connectivity index (χ0n) is 11.0. The molecule has 0 atom stereocenters. The second kappa shape index (κ2) is 4.28. The third-order valence-electron chi connectivity index (χ3n) is 3.74. The molecule has 100 valence electrons. The van der Waals surface area contributed by atoms with Gasteiger partial charge in [0, 0.05) is 0 Å². The third kappa shape index (κ3) is 1.68. The minimum atomic E-state index is -0.579. The van der Waals surface area contributed by atoms with Gasteiger partial charge in [-0.15, -0.1) is 0 Å². The Hall–Kier alpha value is -2.94. The molecule has 0 saturated carbocycles. The van der Waals surface area contributed by atoms with Crippen LogP contribution in [0.3, 0.4) is 0 Å². The SMILES string of the molecule is O=c1oc(=O)c2c3cccccc-3c3ccccc3cc1=2. The van der Waals surface area contributed by atoms with Gasteiger partial charge in [-0.2, -0.15) is 0 Å². The highest BCUT2D eigenvalue weighted by Crippen LogP contribution is 2.28. The molecule has 2 aliphatic carbocycles. The average molecular weight is 274 g/mol. The summed E-state index contributed by atoms with van der Waals surface area (Å²) >= 11 is 0. The number of benzene rings is 1. The molecule has 3 nitrogen and oxygen atoms in total. The Kier molecular flexibility index (Phi) is 2.42. The van der Waals surface area contributed by atoms with Crippen molar-refractivity contribution in [3.8, 4) is 11.1 Å². The first kappa shape index (κ1) is 11.9. The van der Waals surface area contributed by atoms with Gasteiger partial charge in [0.05, 0.1) is 10.4 Å². The van der Waals surface area contributed by atoms with Gasteiger partial charge in [0.2, 0.25) is 0 Å². The number of rotatable bonds is 0. The van der Waals surface area contributed by atoms with Crippen LogP contribution in [-0.2, 0) is 0 Å². The molecule has 0 fully saturated rings. The minimum Gasteiger partial charge on any atom is -0.386 e. The Morgan fingerprint density at radius 1 is 0.714 bits per heavy atom. The Bertz CT molecular complexity index is 1130. The van der Waals surface area contributed by atoms with Crippen molar-refractivity contribution in [3.05, 3.63) is 91.9 Å². The predicted molar refractivity (Wildman–Crippen MR) is 80.7 cm³/mol. The lowest BCUT2D eigenvalue weighted by Crippen LogP contribution is -1.98. The normalized spacial score (nSPS) is 11.2. The second-order valence-electron chi connectivity index (χ2n) is 4.94. The molecular formula is C18H10O3. The van der Waals surface area contributed by atoms with E-state index in [1.165, 1.54) is 0 Å². The van der Waals surface area contributed by atoms with E-state index in [1.807, 2.05) is 54.6 Å². The van der Waals surface area contributed by atoms with E-state index < -0.39 is 11.3 Å². The number of hydrogen-bond acceptors (Lipinski definition) is 3. The number of fused-ring (bicyclic) bond motifs is 4. The fourth-order valence-electron chi connectivity index (χ4n) is 2.81. The molecule has 4 rings (SSSR count). The van der Waals surface area contributed by atoms with Crippen LogP contribution in [0.25, 0.3) is 21.9 Å². The largest absolute Gasteiger partial charge is 0.386 e. The van der Waals surface area contributed by atoms with Crippen LogP contribution in [0.1, 0.15) is 0 Å². The molecule has 0 N–H and O–H groups in total. The number of hydrogen-bond donors (Lipinski definition) is 0. The Morgan fingerprint density at radius 3 is 2.29 bits per heavy atom. The standard InChI is InChI=1S/C18H10O3/c19-17-15-10-11-6-4-5-7-12(11)13-8-2-1-3-9-14(13)16(15)18(20)21-17/h1-10H. The van der Waals surface area contributed by atoms with Gasteiger partial charge in [0.15, 0.2) is 0 Å². The van der Waals surface area contributed by atoms with Crippen molar-refractivity contribution in [1.82, 2.24) is 0 Å². The highest BCUT2D eigenvalue weighted by molar-refractivity contribution is 5.96. The molecule has 0 unspecified atom stereocenters. The van der Waals surface area contributed by atoms with Gasteiger partial charge in [0.1, 0.15) is 0 Å². The average Bonchev–Trinajstić information content (AvgIpc) is 2.67. The molecule has 1 aromatic carbocycles. The monoisotopic (exact) mass is 274 g/mol. The van der Waals surface area contributed by atoms with Crippen LogP contribution in [0.5, 0.6) is 0 Å². The van der Waals surface area contributed by atoms with Crippen LogP contribution in [-0.4, -0.2) is 0 Å². The smallest absolute Gasteiger partial charge is 0.347 e. The lowest BCUT2D eigenvalue weighted by molar-refractivity contribution is 0.488. The maximum absolute atomic E-state index is 12.1. The van der Waals surface area contributed by atoms with Gasteiger partial charge >= 0.3 is 11.3 Å². The summed E-state index contributed by atoms with van der Waals surface area (Å²) in [7, 11) is 0. The maximum Gasteiger partial charge on any atom is 0.347 e. The molecular weight excluding hydrogens is 264 g/mol. The Labute approximate surface area is 119 Å². The van der Waals surface area contributed by atoms with Gasteiger partial charge in [-0.1, -0.05) is 54.6 Å². The summed E-state index contributed by atoms with van der Waals surface area (Å²) < 4.78 is 4.78. The molecule has 21 heavy (non-hydrogen) atoms. The molecule has 0 bridgehead atoms. The molecule has 0 amide bonds. The third-order valence-corrected chi connectivity index (χ3v) is 3.74. The molecule has 0 aromatic heterocycles. The van der Waals surface area contributed by atoms with Crippen molar-refractivity contribution in [2.24, 2.45) is 0 Å². The van der Waals surface area contributed by atoms with Crippen LogP contribution in [0.4, 0.5) is 0 Å². The van der Waals surface area contributed by atoms with E-state index >= 15 is 0 Å². The summed E-state index contributed by atoms with van der Waals surface area (Å²) in [6.07, 6.45) is 0. The first-order valence-electron chi connectivity index (χ1n) is 6.63. The Balaban J connectivity index is 2.50. The lowest BCUT2D eigenvalue weighted by atomic mass is 10.0. The van der Waals surface area contributed by atoms with E-state index in [1.54, 1.807) is 6.07 Å². The summed E-state index contributed by atoms with van der Waals surface area (Å²) in [6, 6.07) is 19.0. The quantitative estimate of drug-likeness (QED) is 0.495. The molecule has 1 aromatic rings. The molecule has 1 heterocycles. The summed E-state index contributed by atoms with van der Waals surface area (Å²) in [5, 5.41) is 2.58. The topological polar surface area (TPSA) is 47.3 Å². The van der Waals surface area contributed by atoms with Crippen LogP contribution in [0.2, 0.25) is 0 Å². The van der Waals surface area contributed by atoms with Crippen molar-refractivity contribution >= 4 is 10.8 Å². The summed E-state index contributed by atoms with van der Waals surface area (Å²) in [5.41, 5.74) is 0.492. The highest BCUT2D eigenvalue weighted by Gasteiger charge is 2.13. The van der Waals surface area contributed by atoms with E-state index in [2.05, 4.69) is 0 Å². The zero-order valence-corrected chi connectivity index (χ0v) is 11.0. The molecule has 0 saturated heterocycles. The molecule has 3 heteroatoms. The predicted octanol–water partition coefficient (Wildman–Crippen LogP) is 2.98. The van der Waals surface area contributed by atoms with Crippen LogP contribution < -0.4 is 11.3 Å². The first-order valence-corrected chi connectivity index (χ1v) is 6.63. The lowest BCUT2D eigenvalue weighted by Gasteiger charge is -2.00. The van der Waals surface area contributed by atoms with Gasteiger partial charge in [-0.05, 0) is 28.0 Å². The summed E-state index contributed by atoms with van der Waals surface area (Å²) in [6.45, 7) is 0. The van der Waals surface area contributed by atoms with Gasteiger partial charge in [-0.25, -0.2) is 9.59 Å². The fourth-order valence-corrected chi connectivity index (χ4v) is 2.81. The van der Waals surface area contributed by atoms with Crippen molar-refractivity contribution in [1.29, 1.82) is 0 Å². The molecule has 3 aliphatic rings. The first-order chi connectivity index (χ1) is 10.3. The van der Waals surface area contributed by atoms with E-state index in [-0.39, 0.29) is 0 Å². The van der Waals surface area contributed by atoms with Crippen molar-refractivity contribution in [2.75, 3.05) is 0 Å². The van der Waals surface area contributed by atoms with Crippen LogP contribution >= 0.6 is 0 Å². The second-order valence-corrected chi connectivity index (χ2v) is 4.94. The van der Waals surface area contributed by atoms with Crippen molar-refractivity contribution in [2.45, 2.75) is 0 Å². The molecule has 0 radical (unpaired) electrons. The van der Waals surface area contributed by atoms with Crippen LogP contribution in [0.15, 0.2) is 74.7 Å². The minimum absolute atomic E-state index is 0.331. The zero-order chi connectivity index (χ0) is 14.4. The van der Waals surface area contributed by atoms with Gasteiger partial charge in [0.25, 0.3) is 0 Å². The fraction of sp³-hybridized carbons (Fsp3) is 0. The van der Waals surface area contributed by atoms with Crippen molar-refractivity contribution < 1.29 is 4.42 Å². The van der Waals surface area contributed by atoms with E-state index in [4.69, 9.17) is 4.42 Å².